The van der Waals surface area contributed by atoms with Gasteiger partial charge in [-0.1, -0.05) is 23.7 Å². The first-order valence-corrected chi connectivity index (χ1v) is 13.4. The van der Waals surface area contributed by atoms with Gasteiger partial charge < -0.3 is 4.90 Å². The predicted octanol–water partition coefficient (Wildman–Crippen LogP) is 2.03. The number of aromatic nitrogens is 4. The van der Waals surface area contributed by atoms with Gasteiger partial charge in [-0.3, -0.25) is 10.0 Å². The Morgan fingerprint density at radius 2 is 1.62 bits per heavy atom. The number of nitrogens with zero attached hydrogens (tertiary/aromatic N) is 7. The van der Waals surface area contributed by atoms with Crippen molar-refractivity contribution in [2.24, 2.45) is 0 Å². The molecule has 11 nitrogen and oxygen atoms in total. The van der Waals surface area contributed by atoms with Gasteiger partial charge in [-0.25, -0.2) is 37.8 Å². The lowest BCUT2D eigenvalue weighted by Gasteiger charge is -2.35. The molecule has 0 bridgehead atoms. The summed E-state index contributed by atoms with van der Waals surface area (Å²) in [6, 6.07) is 5.05. The third-order valence-corrected chi connectivity index (χ3v) is 8.14. The highest BCUT2D eigenvalue weighted by Crippen LogP contribution is 2.21. The van der Waals surface area contributed by atoms with Gasteiger partial charge in [-0.05, 0) is 24.1 Å². The van der Waals surface area contributed by atoms with Crippen LogP contribution in [0.25, 0.3) is 11.1 Å². The number of hydrogen-bond donors (Lipinski definition) is 1. The quantitative estimate of drug-likeness (QED) is 0.229. The van der Waals surface area contributed by atoms with Crippen LogP contribution in [0.4, 0.5) is 10.3 Å². The van der Waals surface area contributed by atoms with E-state index in [2.05, 4.69) is 19.9 Å². The molecule has 0 aliphatic carbocycles. The summed E-state index contributed by atoms with van der Waals surface area (Å²) in [5.41, 5.74) is 1.53. The van der Waals surface area contributed by atoms with E-state index in [9.17, 15) is 22.8 Å². The molecular formula is C23H25ClFN7O4S. The zero-order valence-corrected chi connectivity index (χ0v) is 21.3. The number of carbonyl (C=O) groups is 1. The van der Waals surface area contributed by atoms with Gasteiger partial charge in [-0.2, -0.15) is 4.31 Å². The maximum atomic E-state index is 13.1. The van der Waals surface area contributed by atoms with Gasteiger partial charge in [0.25, 0.3) is 0 Å². The molecule has 1 fully saturated rings. The Kier molecular flexibility index (Phi) is 8.59. The standard InChI is InChI=1S/C23H25ClFN7O4S/c24-19-13-26-22(27-14-19)6-5-21(32(34)16-33)15-37(35,36)31-9-7-30(8-10-31)23-28-11-18(12-29-23)17-1-3-20(25)4-2-17/h1-4,11-14,16,21,34H,5-10,15H2. The smallest absolute Gasteiger partial charge is 0.233 e. The van der Waals surface area contributed by atoms with E-state index < -0.39 is 21.8 Å². The van der Waals surface area contributed by atoms with Crippen LogP contribution in [0.2, 0.25) is 5.02 Å². The second kappa shape index (κ2) is 11.9. The number of benzene rings is 1. The van der Waals surface area contributed by atoms with E-state index in [1.165, 1.54) is 28.8 Å². The van der Waals surface area contributed by atoms with E-state index in [0.717, 1.165) is 11.1 Å². The van der Waals surface area contributed by atoms with E-state index in [-0.39, 0.29) is 38.2 Å². The Balaban J connectivity index is 1.34. The average molecular weight is 550 g/mol. The van der Waals surface area contributed by atoms with Crippen molar-refractivity contribution in [3.05, 3.63) is 65.7 Å². The summed E-state index contributed by atoms with van der Waals surface area (Å²) in [5, 5.41) is 10.7. The molecule has 2 aromatic heterocycles. The minimum Gasteiger partial charge on any atom is -0.338 e. The highest BCUT2D eigenvalue weighted by atomic mass is 35.5. The topological polar surface area (TPSA) is 133 Å². The number of hydroxylamine groups is 2. The summed E-state index contributed by atoms with van der Waals surface area (Å²) < 4.78 is 40.7. The van der Waals surface area contributed by atoms with Crippen molar-refractivity contribution >= 4 is 34.0 Å². The molecule has 1 N–H and O–H groups in total. The highest BCUT2D eigenvalue weighted by Gasteiger charge is 2.32. The molecule has 1 atom stereocenters. The first kappa shape index (κ1) is 26.8. The van der Waals surface area contributed by atoms with Crippen molar-refractivity contribution in [3.8, 4) is 11.1 Å². The number of piperazine rings is 1. The monoisotopic (exact) mass is 549 g/mol. The Morgan fingerprint density at radius 1 is 1.00 bits per heavy atom. The van der Waals surface area contributed by atoms with E-state index in [4.69, 9.17) is 11.6 Å². The molecule has 1 amide bonds. The van der Waals surface area contributed by atoms with Crippen LogP contribution in [-0.2, 0) is 21.2 Å². The van der Waals surface area contributed by atoms with Crippen LogP contribution >= 0.6 is 11.6 Å². The Morgan fingerprint density at radius 3 is 2.22 bits per heavy atom. The van der Waals surface area contributed by atoms with E-state index in [0.29, 0.717) is 34.9 Å². The van der Waals surface area contributed by atoms with Gasteiger partial charge in [0, 0.05) is 63.0 Å². The van der Waals surface area contributed by atoms with Crippen molar-refractivity contribution in [1.82, 2.24) is 29.3 Å². The highest BCUT2D eigenvalue weighted by molar-refractivity contribution is 7.89. The van der Waals surface area contributed by atoms with Crippen LogP contribution in [0.5, 0.6) is 0 Å². The lowest BCUT2D eigenvalue weighted by molar-refractivity contribution is -0.158. The molecule has 1 aromatic carbocycles. The summed E-state index contributed by atoms with van der Waals surface area (Å²) in [5.74, 6) is 0.115. The van der Waals surface area contributed by atoms with Gasteiger partial charge in [-0.15, -0.1) is 0 Å². The average Bonchev–Trinajstić information content (AvgIpc) is 2.92. The molecule has 4 rings (SSSR count). The first-order valence-electron chi connectivity index (χ1n) is 11.4. The van der Waals surface area contributed by atoms with Gasteiger partial charge in [0.05, 0.1) is 16.8 Å². The van der Waals surface area contributed by atoms with Crippen LogP contribution in [0, 0.1) is 5.82 Å². The molecule has 37 heavy (non-hydrogen) atoms. The summed E-state index contributed by atoms with van der Waals surface area (Å²) >= 11 is 5.78. The summed E-state index contributed by atoms with van der Waals surface area (Å²) in [4.78, 5) is 29.9. The summed E-state index contributed by atoms with van der Waals surface area (Å²) in [6.45, 7) is 1.14. The minimum absolute atomic E-state index is 0.143. The number of amides is 1. The molecule has 1 aliphatic rings. The molecule has 0 saturated carbocycles. The Hall–Kier alpha value is -3.26. The summed E-state index contributed by atoms with van der Waals surface area (Å²) in [6.07, 6.45) is 6.71. The molecular weight excluding hydrogens is 525 g/mol. The lowest BCUT2D eigenvalue weighted by Crippen LogP contribution is -2.51. The van der Waals surface area contributed by atoms with E-state index in [1.807, 2.05) is 4.90 Å². The predicted molar refractivity (Wildman–Crippen MR) is 134 cm³/mol. The maximum absolute atomic E-state index is 13.1. The van der Waals surface area contributed by atoms with Crippen molar-refractivity contribution in [2.75, 3.05) is 36.8 Å². The third-order valence-electron chi connectivity index (χ3n) is 5.99. The molecule has 1 saturated heterocycles. The number of hydrogen-bond acceptors (Lipinski definition) is 9. The molecule has 1 unspecified atom stereocenters. The summed E-state index contributed by atoms with van der Waals surface area (Å²) in [7, 11) is -3.79. The zero-order chi connectivity index (χ0) is 26.4. The molecule has 14 heteroatoms. The van der Waals surface area contributed by atoms with Gasteiger partial charge in [0.15, 0.2) is 0 Å². The second-order valence-corrected chi connectivity index (χ2v) is 10.9. The van der Waals surface area contributed by atoms with Crippen LogP contribution in [0.3, 0.4) is 0 Å². The Labute approximate surface area is 218 Å². The fourth-order valence-corrected chi connectivity index (χ4v) is 5.77. The first-order chi connectivity index (χ1) is 17.7. The molecule has 3 heterocycles. The number of rotatable bonds is 10. The number of halogens is 2. The number of sulfonamides is 1. The minimum atomic E-state index is -3.79. The molecule has 0 radical (unpaired) electrons. The number of aryl methyl sites for hydroxylation is 1. The number of anilines is 1. The molecule has 0 spiro atoms. The second-order valence-electron chi connectivity index (χ2n) is 8.44. The zero-order valence-electron chi connectivity index (χ0n) is 19.7. The van der Waals surface area contributed by atoms with E-state index in [1.54, 1.807) is 24.5 Å². The normalized spacial score (nSPS) is 15.4. The number of carbonyl (C=O) groups excluding carboxylic acids is 1. The van der Waals surface area contributed by atoms with Crippen LogP contribution in [0.1, 0.15) is 12.2 Å². The van der Waals surface area contributed by atoms with Crippen LogP contribution in [-0.4, -0.2) is 87.3 Å². The fraction of sp³-hybridized carbons (Fsp3) is 0.348. The van der Waals surface area contributed by atoms with Gasteiger partial charge in [0.1, 0.15) is 11.6 Å². The largest absolute Gasteiger partial charge is 0.338 e. The SMILES string of the molecule is O=CN(O)C(CCc1ncc(Cl)cn1)CS(=O)(=O)N1CCN(c2ncc(-c3ccc(F)cc3)cn2)CC1. The van der Waals surface area contributed by atoms with Crippen LogP contribution < -0.4 is 4.90 Å². The van der Waals surface area contributed by atoms with Gasteiger partial charge >= 0.3 is 0 Å². The molecule has 3 aromatic rings. The fourth-order valence-electron chi connectivity index (χ4n) is 3.93. The van der Waals surface area contributed by atoms with Crippen molar-refractivity contribution in [1.29, 1.82) is 0 Å². The van der Waals surface area contributed by atoms with Crippen molar-refractivity contribution in [3.63, 3.8) is 0 Å². The van der Waals surface area contributed by atoms with E-state index >= 15 is 0 Å². The van der Waals surface area contributed by atoms with Gasteiger partial charge in [0.2, 0.25) is 22.4 Å². The van der Waals surface area contributed by atoms with Crippen LogP contribution in [0.15, 0.2) is 49.1 Å². The molecule has 196 valence electrons. The van der Waals surface area contributed by atoms with Crippen molar-refractivity contribution < 1.29 is 22.8 Å². The molecule has 1 aliphatic heterocycles. The third kappa shape index (κ3) is 6.95. The van der Waals surface area contributed by atoms with Crippen molar-refractivity contribution in [2.45, 2.75) is 18.9 Å². The Bertz CT molecular complexity index is 1290. The lowest BCUT2D eigenvalue weighted by atomic mass is 10.1. The maximum Gasteiger partial charge on any atom is 0.233 e.